The highest BCUT2D eigenvalue weighted by molar-refractivity contribution is 5.98. The van der Waals surface area contributed by atoms with Gasteiger partial charge in [-0.3, -0.25) is 9.20 Å². The molecule has 0 radical (unpaired) electrons. The summed E-state index contributed by atoms with van der Waals surface area (Å²) in [5, 5.41) is 3.23. The maximum Gasteiger partial charge on any atom is 0.504 e. The van der Waals surface area contributed by atoms with Gasteiger partial charge in [0, 0.05) is 37.0 Å². The first-order chi connectivity index (χ1) is 17.0. The lowest BCUT2D eigenvalue weighted by Gasteiger charge is -2.19. The van der Waals surface area contributed by atoms with Gasteiger partial charge in [0.2, 0.25) is 0 Å². The van der Waals surface area contributed by atoms with Crippen molar-refractivity contribution in [1.82, 2.24) is 29.0 Å². The van der Waals surface area contributed by atoms with Gasteiger partial charge in [-0.05, 0) is 17.7 Å². The summed E-state index contributed by atoms with van der Waals surface area (Å²) in [6, 6.07) is 6.22. The van der Waals surface area contributed by atoms with E-state index >= 15 is 0 Å². The van der Waals surface area contributed by atoms with Crippen molar-refractivity contribution >= 4 is 28.3 Å². The molecule has 0 saturated carbocycles. The maximum atomic E-state index is 14.8. The fraction of sp³-hybridized carbons (Fsp3) is 0.130. The first kappa shape index (κ1) is 23.2. The number of nitrogens with zero attached hydrogens (tertiary/aromatic N) is 6. The van der Waals surface area contributed by atoms with Gasteiger partial charge in [-0.1, -0.05) is 12.1 Å². The van der Waals surface area contributed by atoms with E-state index in [9.17, 15) is 26.7 Å². The smallest absolute Gasteiger partial charge is 0.382 e. The van der Waals surface area contributed by atoms with E-state index in [1.54, 1.807) is 4.40 Å². The zero-order valence-electron chi connectivity index (χ0n) is 18.5. The van der Waals surface area contributed by atoms with Crippen LogP contribution in [0.15, 0.2) is 55.2 Å². The van der Waals surface area contributed by atoms with E-state index in [0.717, 1.165) is 29.4 Å². The van der Waals surface area contributed by atoms with Crippen molar-refractivity contribution < 1.29 is 26.7 Å². The summed E-state index contributed by atoms with van der Waals surface area (Å²) in [5.41, 5.74) is 7.07. The summed E-state index contributed by atoms with van der Waals surface area (Å²) in [4.78, 5) is 22.3. The minimum Gasteiger partial charge on any atom is -0.382 e. The number of anilines is 1. The molecule has 2 N–H and O–H groups in total. The number of carbonyl (C=O) groups excluding carboxylic acids is 1. The van der Waals surface area contributed by atoms with E-state index in [-0.39, 0.29) is 44.8 Å². The van der Waals surface area contributed by atoms with E-state index in [1.807, 2.05) is 0 Å². The number of amides is 1. The minimum atomic E-state index is -4.69. The van der Waals surface area contributed by atoms with Crippen molar-refractivity contribution in [2.75, 3.05) is 12.8 Å². The second-order valence-electron chi connectivity index (χ2n) is 8.08. The van der Waals surface area contributed by atoms with Crippen LogP contribution in [0.3, 0.4) is 0 Å². The number of nitrogens with two attached hydrogens (primary N) is 1. The van der Waals surface area contributed by atoms with Gasteiger partial charge in [-0.15, -0.1) is 13.2 Å². The molecule has 0 aliphatic heterocycles. The lowest BCUT2D eigenvalue weighted by atomic mass is 10.1. The third kappa shape index (κ3) is 3.97. The first-order valence-corrected chi connectivity index (χ1v) is 10.4. The summed E-state index contributed by atoms with van der Waals surface area (Å²) in [6.07, 6.45) is -0.0312. The van der Waals surface area contributed by atoms with Gasteiger partial charge in [0.25, 0.3) is 5.91 Å². The molecule has 0 spiro atoms. The number of nitrogen functional groups attached to an aromatic ring is 1. The zero-order chi connectivity index (χ0) is 25.8. The highest BCUT2D eigenvalue weighted by atomic mass is 19.4. The van der Waals surface area contributed by atoms with Crippen molar-refractivity contribution in [2.24, 2.45) is 0 Å². The van der Waals surface area contributed by atoms with Crippen molar-refractivity contribution in [3.05, 3.63) is 78.0 Å². The number of rotatable bonds is 4. The Balaban J connectivity index is 1.41. The van der Waals surface area contributed by atoms with Gasteiger partial charge in [-0.2, -0.15) is 9.78 Å². The molecular weight excluding hydrogens is 485 g/mol. The average molecular weight is 501 g/mol. The SMILES string of the molecule is CN(Cc1ccc(-c2cnn(C(F)(F)F)c2)cc1F)C(=O)c1cc2c(cc1F)nc(N)c1cncn12. The predicted octanol–water partition coefficient (Wildman–Crippen LogP) is 4.35. The summed E-state index contributed by atoms with van der Waals surface area (Å²) in [6.45, 7) is -0.218. The highest BCUT2D eigenvalue weighted by Crippen LogP contribution is 2.28. The second kappa shape index (κ2) is 8.29. The van der Waals surface area contributed by atoms with Gasteiger partial charge < -0.3 is 10.6 Å². The Kier molecular flexibility index (Phi) is 5.34. The largest absolute Gasteiger partial charge is 0.504 e. The van der Waals surface area contributed by atoms with Gasteiger partial charge in [0.15, 0.2) is 0 Å². The number of benzene rings is 2. The quantitative estimate of drug-likeness (QED) is 0.370. The number of hydrogen-bond donors (Lipinski definition) is 1. The normalized spacial score (nSPS) is 11.9. The molecule has 0 saturated heterocycles. The number of aromatic nitrogens is 5. The monoisotopic (exact) mass is 501 g/mol. The predicted molar refractivity (Wildman–Crippen MR) is 120 cm³/mol. The summed E-state index contributed by atoms with van der Waals surface area (Å²) < 4.78 is 69.3. The van der Waals surface area contributed by atoms with Crippen LogP contribution in [0.2, 0.25) is 0 Å². The fourth-order valence-electron chi connectivity index (χ4n) is 3.86. The molecule has 0 fully saturated rings. The Labute approximate surface area is 199 Å². The van der Waals surface area contributed by atoms with Crippen LogP contribution in [0.4, 0.5) is 27.8 Å². The Morgan fingerprint density at radius 1 is 1.06 bits per heavy atom. The van der Waals surface area contributed by atoms with Crippen molar-refractivity contribution in [3.63, 3.8) is 0 Å². The summed E-state index contributed by atoms with van der Waals surface area (Å²) >= 11 is 0. The van der Waals surface area contributed by atoms with Crippen LogP contribution in [0.5, 0.6) is 0 Å². The van der Waals surface area contributed by atoms with E-state index in [4.69, 9.17) is 5.73 Å². The van der Waals surface area contributed by atoms with Crippen LogP contribution in [0.1, 0.15) is 15.9 Å². The van der Waals surface area contributed by atoms with Crippen molar-refractivity contribution in [3.8, 4) is 11.1 Å². The fourth-order valence-corrected chi connectivity index (χ4v) is 3.86. The third-order valence-corrected chi connectivity index (χ3v) is 5.68. The molecule has 0 unspecified atom stereocenters. The lowest BCUT2D eigenvalue weighted by molar-refractivity contribution is -0.212. The first-order valence-electron chi connectivity index (χ1n) is 10.4. The van der Waals surface area contributed by atoms with Crippen LogP contribution < -0.4 is 5.73 Å². The van der Waals surface area contributed by atoms with Crippen LogP contribution in [-0.4, -0.2) is 42.0 Å². The van der Waals surface area contributed by atoms with E-state index < -0.39 is 23.8 Å². The average Bonchev–Trinajstić information content (AvgIpc) is 3.50. The molecule has 36 heavy (non-hydrogen) atoms. The van der Waals surface area contributed by atoms with Crippen LogP contribution >= 0.6 is 0 Å². The number of hydrogen-bond acceptors (Lipinski definition) is 5. The highest BCUT2D eigenvalue weighted by Gasteiger charge is 2.31. The molecule has 13 heteroatoms. The molecule has 0 aliphatic carbocycles. The molecule has 3 aromatic heterocycles. The Bertz CT molecular complexity index is 1640. The molecule has 0 aliphatic rings. The van der Waals surface area contributed by atoms with Crippen LogP contribution in [0.25, 0.3) is 27.7 Å². The molecule has 2 aromatic carbocycles. The van der Waals surface area contributed by atoms with Crippen LogP contribution in [-0.2, 0) is 12.8 Å². The van der Waals surface area contributed by atoms with Gasteiger partial charge in [0.05, 0.1) is 35.3 Å². The van der Waals surface area contributed by atoms with Crippen LogP contribution in [0, 0.1) is 11.6 Å². The Hall–Kier alpha value is -4.55. The summed E-state index contributed by atoms with van der Waals surface area (Å²) in [7, 11) is 1.38. The maximum absolute atomic E-state index is 14.8. The number of imidazole rings is 1. The molecule has 0 atom stereocenters. The van der Waals surface area contributed by atoms with E-state index in [2.05, 4.69) is 15.1 Å². The van der Waals surface area contributed by atoms with E-state index in [0.29, 0.717) is 11.0 Å². The number of carbonyl (C=O) groups is 1. The van der Waals surface area contributed by atoms with Gasteiger partial charge in [-0.25, -0.2) is 18.7 Å². The summed E-state index contributed by atoms with van der Waals surface area (Å²) in [5.74, 6) is -2.14. The van der Waals surface area contributed by atoms with Crippen molar-refractivity contribution in [1.29, 1.82) is 0 Å². The number of fused-ring (bicyclic) bond motifs is 3. The van der Waals surface area contributed by atoms with Crippen molar-refractivity contribution in [2.45, 2.75) is 12.8 Å². The standard InChI is InChI=1S/C23H16F5N7O/c1-33(9-13-3-2-12(4-16(13)24)14-7-31-35(10-14)23(26,27)28)22(36)15-5-19-18(6-17(15)25)32-21(29)20-8-30-11-34(19)20/h2-8,10-11H,9H2,1H3,(H2,29,32). The molecule has 5 rings (SSSR count). The topological polar surface area (TPSA) is 94.3 Å². The number of halogens is 5. The Morgan fingerprint density at radius 2 is 1.83 bits per heavy atom. The van der Waals surface area contributed by atoms with Gasteiger partial charge in [0.1, 0.15) is 23.0 Å². The molecule has 3 heterocycles. The molecule has 8 nitrogen and oxygen atoms in total. The zero-order valence-corrected chi connectivity index (χ0v) is 18.5. The van der Waals surface area contributed by atoms with E-state index in [1.165, 1.54) is 37.8 Å². The lowest BCUT2D eigenvalue weighted by Crippen LogP contribution is -2.27. The minimum absolute atomic E-state index is 0.0699. The third-order valence-electron chi connectivity index (χ3n) is 5.68. The molecule has 184 valence electrons. The molecule has 0 bridgehead atoms. The molecular formula is C23H16F5N7O. The number of alkyl halides is 3. The molecule has 1 amide bonds. The Morgan fingerprint density at radius 3 is 2.53 bits per heavy atom. The van der Waals surface area contributed by atoms with Gasteiger partial charge >= 0.3 is 6.30 Å². The second-order valence-corrected chi connectivity index (χ2v) is 8.08. The molecule has 5 aromatic rings.